The Hall–Kier alpha value is -0.500. The quantitative estimate of drug-likeness (QED) is 0.600. The maximum Gasteiger partial charge on any atom is 0.126 e. The fourth-order valence-electron chi connectivity index (χ4n) is 0.744. The van der Waals surface area contributed by atoms with E-state index in [2.05, 4.69) is 0 Å². The lowest BCUT2D eigenvalue weighted by Gasteiger charge is -1.97. The zero-order chi connectivity index (χ0) is 9.56. The highest BCUT2D eigenvalue weighted by Crippen LogP contribution is 2.17. The molecule has 0 saturated carbocycles. The van der Waals surface area contributed by atoms with Crippen LogP contribution in [0.5, 0.6) is 0 Å². The van der Waals surface area contributed by atoms with Crippen molar-refractivity contribution in [2.45, 2.75) is 25.7 Å². The Kier molecular flexibility index (Phi) is 5.81. The first kappa shape index (κ1) is 11.5. The largest absolute Gasteiger partial charge is 0.207 e. The van der Waals surface area contributed by atoms with Crippen LogP contribution in [-0.2, 0) is 0 Å². The fraction of sp³-hybridized carbons (Fsp3) is 0.400. The molecular weight excluding hydrogens is 171 g/mol. The Balaban J connectivity index is 0.000000561. The number of rotatable bonds is 1. The number of benzene rings is 1. The molecule has 0 bridgehead atoms. The van der Waals surface area contributed by atoms with Crippen LogP contribution >= 0.6 is 11.8 Å². The van der Waals surface area contributed by atoms with E-state index >= 15 is 0 Å². The number of thioether (sulfide) groups is 1. The maximum absolute atomic E-state index is 12.6. The molecule has 12 heavy (non-hydrogen) atoms. The lowest BCUT2D eigenvalue weighted by molar-refractivity contribution is 0.617. The van der Waals surface area contributed by atoms with Crippen LogP contribution in [-0.4, -0.2) is 6.26 Å². The van der Waals surface area contributed by atoms with Gasteiger partial charge in [0.1, 0.15) is 5.82 Å². The summed E-state index contributed by atoms with van der Waals surface area (Å²) in [4.78, 5) is 1.11. The Labute approximate surface area is 78.2 Å². The Morgan fingerprint density at radius 2 is 1.83 bits per heavy atom. The standard InChI is InChI=1S/C8H9FS.C2H6/c1-6-5-7(10-2)3-4-8(6)9;1-2/h3-5H,1-2H3;1-2H3. The minimum absolute atomic E-state index is 0.127. The molecule has 1 aromatic rings. The van der Waals surface area contributed by atoms with Crippen molar-refractivity contribution in [3.05, 3.63) is 29.6 Å². The molecule has 68 valence electrons. The second kappa shape index (κ2) is 6.06. The highest BCUT2D eigenvalue weighted by molar-refractivity contribution is 7.98. The van der Waals surface area contributed by atoms with E-state index in [1.165, 1.54) is 6.07 Å². The minimum atomic E-state index is -0.127. The molecule has 0 spiro atoms. The molecule has 0 nitrogen and oxygen atoms in total. The number of hydrogen-bond donors (Lipinski definition) is 0. The van der Waals surface area contributed by atoms with Gasteiger partial charge < -0.3 is 0 Å². The lowest BCUT2D eigenvalue weighted by atomic mass is 10.2. The molecule has 0 atom stereocenters. The summed E-state index contributed by atoms with van der Waals surface area (Å²) in [7, 11) is 0. The van der Waals surface area contributed by atoms with Crippen molar-refractivity contribution in [2.24, 2.45) is 0 Å². The summed E-state index contributed by atoms with van der Waals surface area (Å²) < 4.78 is 12.6. The Morgan fingerprint density at radius 1 is 1.25 bits per heavy atom. The van der Waals surface area contributed by atoms with Gasteiger partial charge in [0.25, 0.3) is 0 Å². The third-order valence-corrected chi connectivity index (χ3v) is 2.09. The summed E-state index contributed by atoms with van der Waals surface area (Å²) in [5.74, 6) is -0.127. The number of halogens is 1. The van der Waals surface area contributed by atoms with E-state index in [4.69, 9.17) is 0 Å². The Bertz CT molecular complexity index is 233. The SMILES string of the molecule is CC.CSc1ccc(F)c(C)c1. The summed E-state index contributed by atoms with van der Waals surface area (Å²) in [6, 6.07) is 5.13. The Morgan fingerprint density at radius 3 is 2.25 bits per heavy atom. The van der Waals surface area contributed by atoms with Crippen LogP contribution in [0, 0.1) is 12.7 Å². The third kappa shape index (κ3) is 3.26. The third-order valence-electron chi connectivity index (χ3n) is 1.37. The van der Waals surface area contributed by atoms with Gasteiger partial charge in [0, 0.05) is 4.90 Å². The predicted molar refractivity (Wildman–Crippen MR) is 54.3 cm³/mol. The van der Waals surface area contributed by atoms with Crippen LogP contribution in [0.2, 0.25) is 0 Å². The second-order valence-electron chi connectivity index (χ2n) is 2.12. The van der Waals surface area contributed by atoms with Crippen molar-refractivity contribution >= 4 is 11.8 Å². The predicted octanol–water partition coefficient (Wildman–Crippen LogP) is 3.88. The molecule has 0 aliphatic rings. The van der Waals surface area contributed by atoms with Gasteiger partial charge in [0.05, 0.1) is 0 Å². The highest BCUT2D eigenvalue weighted by atomic mass is 32.2. The molecule has 0 unspecified atom stereocenters. The molecule has 0 amide bonds. The van der Waals surface area contributed by atoms with Gasteiger partial charge in [-0.2, -0.15) is 0 Å². The summed E-state index contributed by atoms with van der Waals surface area (Å²) in [6.45, 7) is 5.77. The molecule has 2 heteroatoms. The molecule has 1 aromatic carbocycles. The molecule has 0 aliphatic heterocycles. The van der Waals surface area contributed by atoms with Gasteiger partial charge >= 0.3 is 0 Å². The van der Waals surface area contributed by atoms with E-state index in [1.54, 1.807) is 24.8 Å². The van der Waals surface area contributed by atoms with Crippen molar-refractivity contribution < 1.29 is 4.39 Å². The molecule has 0 aromatic heterocycles. The van der Waals surface area contributed by atoms with E-state index in [-0.39, 0.29) is 5.82 Å². The summed E-state index contributed by atoms with van der Waals surface area (Å²) >= 11 is 1.62. The van der Waals surface area contributed by atoms with Crippen LogP contribution in [0.1, 0.15) is 19.4 Å². The van der Waals surface area contributed by atoms with Gasteiger partial charge in [-0.05, 0) is 36.9 Å². The average Bonchev–Trinajstić information content (AvgIpc) is 2.13. The number of aryl methyl sites for hydroxylation is 1. The van der Waals surface area contributed by atoms with Crippen molar-refractivity contribution in [2.75, 3.05) is 6.26 Å². The first-order chi connectivity index (χ1) is 5.74. The highest BCUT2D eigenvalue weighted by Gasteiger charge is 1.95. The van der Waals surface area contributed by atoms with Gasteiger partial charge in [-0.25, -0.2) is 4.39 Å². The van der Waals surface area contributed by atoms with E-state index in [9.17, 15) is 4.39 Å². The van der Waals surface area contributed by atoms with E-state index < -0.39 is 0 Å². The van der Waals surface area contributed by atoms with Crippen LogP contribution < -0.4 is 0 Å². The van der Waals surface area contributed by atoms with Crippen LogP contribution in [0.3, 0.4) is 0 Å². The van der Waals surface area contributed by atoms with E-state index in [0.717, 1.165) is 4.90 Å². The zero-order valence-corrected chi connectivity index (χ0v) is 8.83. The molecule has 0 N–H and O–H groups in total. The first-order valence-electron chi connectivity index (χ1n) is 4.04. The van der Waals surface area contributed by atoms with E-state index in [1.807, 2.05) is 26.2 Å². The molecule has 0 fully saturated rings. The topological polar surface area (TPSA) is 0 Å². The van der Waals surface area contributed by atoms with Crippen molar-refractivity contribution in [1.29, 1.82) is 0 Å². The summed E-state index contributed by atoms with van der Waals surface area (Å²) in [5, 5.41) is 0. The smallest absolute Gasteiger partial charge is 0.126 e. The summed E-state index contributed by atoms with van der Waals surface area (Å²) in [5.41, 5.74) is 0.715. The normalized spacial score (nSPS) is 8.75. The van der Waals surface area contributed by atoms with Crippen molar-refractivity contribution in [3.63, 3.8) is 0 Å². The minimum Gasteiger partial charge on any atom is -0.207 e. The fourth-order valence-corrected chi connectivity index (χ4v) is 1.24. The van der Waals surface area contributed by atoms with Crippen LogP contribution in [0.25, 0.3) is 0 Å². The molecule has 0 radical (unpaired) electrons. The average molecular weight is 186 g/mol. The maximum atomic E-state index is 12.6. The second-order valence-corrected chi connectivity index (χ2v) is 2.99. The van der Waals surface area contributed by atoms with Crippen molar-refractivity contribution in [3.8, 4) is 0 Å². The van der Waals surface area contributed by atoms with Gasteiger partial charge in [0.2, 0.25) is 0 Å². The molecule has 0 saturated heterocycles. The molecule has 1 rings (SSSR count). The van der Waals surface area contributed by atoms with Gasteiger partial charge in [-0.15, -0.1) is 11.8 Å². The zero-order valence-electron chi connectivity index (χ0n) is 8.02. The van der Waals surface area contributed by atoms with Crippen molar-refractivity contribution in [1.82, 2.24) is 0 Å². The lowest BCUT2D eigenvalue weighted by Crippen LogP contribution is -1.80. The summed E-state index contributed by atoms with van der Waals surface area (Å²) in [6.07, 6.45) is 1.98. The molecule has 0 aliphatic carbocycles. The van der Waals surface area contributed by atoms with Crippen LogP contribution in [0.4, 0.5) is 4.39 Å². The van der Waals surface area contributed by atoms with Gasteiger partial charge in [0.15, 0.2) is 0 Å². The first-order valence-corrected chi connectivity index (χ1v) is 5.26. The monoisotopic (exact) mass is 186 g/mol. The van der Waals surface area contributed by atoms with E-state index in [0.29, 0.717) is 5.56 Å². The van der Waals surface area contributed by atoms with Gasteiger partial charge in [-0.3, -0.25) is 0 Å². The molecule has 0 heterocycles. The van der Waals surface area contributed by atoms with Crippen LogP contribution in [0.15, 0.2) is 23.1 Å². The van der Waals surface area contributed by atoms with Gasteiger partial charge in [-0.1, -0.05) is 13.8 Å². The number of hydrogen-bond acceptors (Lipinski definition) is 1. The molecular formula is C10H15FS.